The molecule has 3 N–H and O–H groups in total. The van der Waals surface area contributed by atoms with E-state index in [0.717, 1.165) is 44.9 Å². The van der Waals surface area contributed by atoms with Gasteiger partial charge in [-0.25, -0.2) is 4.57 Å². The Morgan fingerprint density at radius 3 is 0.910 bits per heavy atom. The first-order valence-corrected chi connectivity index (χ1v) is 36.2. The van der Waals surface area contributed by atoms with E-state index >= 15 is 0 Å². The minimum absolute atomic E-state index is 0.0560. The average molecular weight is 1120 g/mol. The fourth-order valence-corrected chi connectivity index (χ4v) is 11.5. The highest BCUT2D eigenvalue weighted by atomic mass is 31.2. The van der Waals surface area contributed by atoms with Crippen molar-refractivity contribution < 1.29 is 37.6 Å². The number of phosphoric ester groups is 1. The topological polar surface area (TPSA) is 134 Å². The standard InChI is InChI=1S/C68H134NO8P/c1-3-5-7-9-11-13-15-17-19-21-23-24-25-26-27-28-29-30-31-32-33-34-35-36-37-38-39-40-41-42-43-45-46-48-50-52-54-56-58-60-67(70)74-64-66(65-76-78(72,73)75-63-62-69)77-68(71)61-59-57-55-53-51-49-47-44-22-20-18-16-14-12-10-8-6-4-2/h20,22,66H,3-19,21,23-65,69H2,1-2H3,(H,72,73)/b22-20-. The largest absolute Gasteiger partial charge is 0.472 e. The second-order valence-electron chi connectivity index (χ2n) is 23.8. The molecule has 0 aliphatic rings. The van der Waals surface area contributed by atoms with E-state index in [4.69, 9.17) is 24.3 Å². The van der Waals surface area contributed by atoms with Crippen LogP contribution in [0.5, 0.6) is 0 Å². The zero-order valence-corrected chi connectivity index (χ0v) is 53.1. The number of rotatable bonds is 67. The summed E-state index contributed by atoms with van der Waals surface area (Å²) in [6, 6.07) is 0. The number of esters is 2. The monoisotopic (exact) mass is 1120 g/mol. The number of nitrogens with two attached hydrogens (primary N) is 1. The lowest BCUT2D eigenvalue weighted by molar-refractivity contribution is -0.161. The minimum atomic E-state index is -4.39. The average Bonchev–Trinajstić information content (AvgIpc) is 3.43. The number of carbonyl (C=O) groups excluding carboxylic acids is 2. The molecular formula is C68H134NO8P. The van der Waals surface area contributed by atoms with Crippen molar-refractivity contribution >= 4 is 19.8 Å². The second kappa shape index (κ2) is 64.9. The second-order valence-corrected chi connectivity index (χ2v) is 25.2. The van der Waals surface area contributed by atoms with Gasteiger partial charge in [0.15, 0.2) is 6.10 Å². The Bertz CT molecular complexity index is 1280. The van der Waals surface area contributed by atoms with Gasteiger partial charge in [-0.15, -0.1) is 0 Å². The SMILES string of the molecule is CCCCCCCCC/C=C\CCCCCCCCCC(=O)OC(COC(=O)CCCCCCCCCCCCCCCCCCCCCCCCCCCCCCCCCCCCCCCCC)COP(=O)(O)OCCN. The van der Waals surface area contributed by atoms with Gasteiger partial charge in [-0.3, -0.25) is 18.6 Å². The van der Waals surface area contributed by atoms with Gasteiger partial charge in [-0.2, -0.15) is 0 Å². The fourth-order valence-electron chi connectivity index (χ4n) is 10.8. The number of hydrogen-bond acceptors (Lipinski definition) is 8. The summed E-state index contributed by atoms with van der Waals surface area (Å²) in [6.07, 6.45) is 77.6. The van der Waals surface area contributed by atoms with E-state index in [1.807, 2.05) is 0 Å². The molecule has 78 heavy (non-hydrogen) atoms. The van der Waals surface area contributed by atoms with Crippen LogP contribution in [-0.4, -0.2) is 49.3 Å². The van der Waals surface area contributed by atoms with E-state index in [2.05, 4.69) is 26.0 Å². The van der Waals surface area contributed by atoms with Gasteiger partial charge in [0.1, 0.15) is 6.61 Å². The Morgan fingerprint density at radius 1 is 0.372 bits per heavy atom. The molecule has 0 heterocycles. The number of unbranched alkanes of at least 4 members (excludes halogenated alkanes) is 52. The molecule has 2 atom stereocenters. The van der Waals surface area contributed by atoms with E-state index in [9.17, 15) is 19.0 Å². The summed E-state index contributed by atoms with van der Waals surface area (Å²) in [6.45, 7) is 3.81. The smallest absolute Gasteiger partial charge is 0.462 e. The number of phosphoric acid groups is 1. The van der Waals surface area contributed by atoms with Crippen LogP contribution in [0, 0.1) is 0 Å². The van der Waals surface area contributed by atoms with Crippen molar-refractivity contribution in [3.05, 3.63) is 12.2 Å². The van der Waals surface area contributed by atoms with Gasteiger partial charge in [0.05, 0.1) is 13.2 Å². The molecule has 9 nitrogen and oxygen atoms in total. The fraction of sp³-hybridized carbons (Fsp3) is 0.941. The van der Waals surface area contributed by atoms with E-state index in [1.54, 1.807) is 0 Å². The maximum Gasteiger partial charge on any atom is 0.472 e. The molecule has 0 aromatic carbocycles. The van der Waals surface area contributed by atoms with E-state index in [-0.39, 0.29) is 38.6 Å². The van der Waals surface area contributed by atoms with E-state index in [0.29, 0.717) is 6.42 Å². The van der Waals surface area contributed by atoms with Crippen LogP contribution in [0.2, 0.25) is 0 Å². The molecule has 0 radical (unpaired) electrons. The number of ether oxygens (including phenoxy) is 2. The van der Waals surface area contributed by atoms with Gasteiger partial charge in [-0.1, -0.05) is 341 Å². The minimum Gasteiger partial charge on any atom is -0.462 e. The molecule has 0 saturated heterocycles. The third kappa shape index (κ3) is 63.9. The van der Waals surface area contributed by atoms with Crippen molar-refractivity contribution in [1.29, 1.82) is 0 Å². The number of carbonyl (C=O) groups is 2. The molecular weight excluding hydrogens is 990 g/mol. The molecule has 0 aliphatic heterocycles. The zero-order valence-electron chi connectivity index (χ0n) is 52.2. The van der Waals surface area contributed by atoms with Crippen LogP contribution >= 0.6 is 7.82 Å². The van der Waals surface area contributed by atoms with Crippen LogP contribution in [0.25, 0.3) is 0 Å². The van der Waals surface area contributed by atoms with Crippen molar-refractivity contribution in [2.75, 3.05) is 26.4 Å². The van der Waals surface area contributed by atoms with E-state index < -0.39 is 26.5 Å². The molecule has 464 valence electrons. The van der Waals surface area contributed by atoms with Crippen molar-refractivity contribution in [2.45, 2.75) is 386 Å². The first-order chi connectivity index (χ1) is 38.3. The van der Waals surface area contributed by atoms with Gasteiger partial charge in [0, 0.05) is 19.4 Å². The van der Waals surface area contributed by atoms with Gasteiger partial charge in [0.25, 0.3) is 0 Å². The van der Waals surface area contributed by atoms with Gasteiger partial charge >= 0.3 is 19.8 Å². The summed E-state index contributed by atoms with van der Waals surface area (Å²) in [7, 11) is -4.39. The normalized spacial score (nSPS) is 12.9. The highest BCUT2D eigenvalue weighted by Gasteiger charge is 2.26. The van der Waals surface area contributed by atoms with Crippen molar-refractivity contribution in [1.82, 2.24) is 0 Å². The quantitative estimate of drug-likeness (QED) is 0.0264. The predicted octanol–water partition coefficient (Wildman–Crippen LogP) is 22.4. The van der Waals surface area contributed by atoms with Crippen LogP contribution in [0.15, 0.2) is 12.2 Å². The Kier molecular flexibility index (Phi) is 63.9. The van der Waals surface area contributed by atoms with Gasteiger partial charge in [-0.05, 0) is 38.5 Å². The number of allylic oxidation sites excluding steroid dienone is 2. The summed E-state index contributed by atoms with van der Waals surface area (Å²) >= 11 is 0. The van der Waals surface area contributed by atoms with Gasteiger partial charge in [0.2, 0.25) is 0 Å². The summed E-state index contributed by atoms with van der Waals surface area (Å²) in [5.74, 6) is -0.811. The maximum atomic E-state index is 12.7. The van der Waals surface area contributed by atoms with Crippen LogP contribution in [-0.2, 0) is 32.7 Å². The number of hydrogen-bond donors (Lipinski definition) is 2. The molecule has 0 amide bonds. The molecule has 0 rings (SSSR count). The zero-order chi connectivity index (χ0) is 56.6. The first-order valence-electron chi connectivity index (χ1n) is 34.7. The Hall–Kier alpha value is -1.25. The molecule has 0 aliphatic carbocycles. The summed E-state index contributed by atoms with van der Waals surface area (Å²) in [5.41, 5.74) is 5.39. The molecule has 2 unspecified atom stereocenters. The van der Waals surface area contributed by atoms with Crippen molar-refractivity contribution in [2.24, 2.45) is 5.73 Å². The lowest BCUT2D eigenvalue weighted by Gasteiger charge is -2.19. The highest BCUT2D eigenvalue weighted by molar-refractivity contribution is 7.47. The van der Waals surface area contributed by atoms with E-state index in [1.165, 1.54) is 302 Å². The molecule has 0 fully saturated rings. The lowest BCUT2D eigenvalue weighted by atomic mass is 10.0. The highest BCUT2D eigenvalue weighted by Crippen LogP contribution is 2.43. The summed E-state index contributed by atoms with van der Waals surface area (Å²) in [5, 5.41) is 0. The summed E-state index contributed by atoms with van der Waals surface area (Å²) < 4.78 is 33.1. The third-order valence-corrected chi connectivity index (χ3v) is 16.9. The molecule has 10 heteroatoms. The van der Waals surface area contributed by atoms with Crippen LogP contribution in [0.1, 0.15) is 380 Å². The van der Waals surface area contributed by atoms with Crippen molar-refractivity contribution in [3.63, 3.8) is 0 Å². The first kappa shape index (κ1) is 76.8. The van der Waals surface area contributed by atoms with Gasteiger partial charge < -0.3 is 20.1 Å². The molecule has 0 saturated carbocycles. The Morgan fingerprint density at radius 2 is 0.628 bits per heavy atom. The van der Waals surface area contributed by atoms with Crippen LogP contribution < -0.4 is 5.73 Å². The maximum absolute atomic E-state index is 12.7. The summed E-state index contributed by atoms with van der Waals surface area (Å²) in [4.78, 5) is 35.2. The van der Waals surface area contributed by atoms with Crippen LogP contribution in [0.4, 0.5) is 0 Å². The van der Waals surface area contributed by atoms with Crippen molar-refractivity contribution in [3.8, 4) is 0 Å². The third-order valence-electron chi connectivity index (χ3n) is 15.9. The molecule has 0 aromatic rings. The van der Waals surface area contributed by atoms with Crippen LogP contribution in [0.3, 0.4) is 0 Å². The molecule has 0 bridgehead atoms. The molecule has 0 spiro atoms. The Balaban J connectivity index is 3.71. The lowest BCUT2D eigenvalue weighted by Crippen LogP contribution is -2.29. The predicted molar refractivity (Wildman–Crippen MR) is 335 cm³/mol. The molecule has 0 aromatic heterocycles. The Labute approximate surface area is 485 Å².